The van der Waals surface area contributed by atoms with Crippen LogP contribution in [0.5, 0.6) is 0 Å². The lowest BCUT2D eigenvalue weighted by molar-refractivity contribution is 0.430. The zero-order chi connectivity index (χ0) is 25.2. The maximum atomic E-state index is 2.43. The van der Waals surface area contributed by atoms with Crippen LogP contribution in [-0.2, 0) is 0 Å². The predicted molar refractivity (Wildman–Crippen MR) is 155 cm³/mol. The van der Waals surface area contributed by atoms with Gasteiger partial charge in [0.2, 0.25) is 0 Å². The highest BCUT2D eigenvalue weighted by molar-refractivity contribution is 8.06. The van der Waals surface area contributed by atoms with Gasteiger partial charge in [-0.2, -0.15) is 0 Å². The van der Waals surface area contributed by atoms with Crippen molar-refractivity contribution in [2.75, 3.05) is 0 Å². The summed E-state index contributed by atoms with van der Waals surface area (Å²) in [5, 5.41) is 0.490. The van der Waals surface area contributed by atoms with Gasteiger partial charge in [-0.25, -0.2) is 0 Å². The average Bonchev–Trinajstić information content (AvgIpc) is 2.64. The van der Waals surface area contributed by atoms with Gasteiger partial charge in [-0.3, -0.25) is 0 Å². The van der Waals surface area contributed by atoms with E-state index in [0.717, 1.165) is 0 Å². The van der Waals surface area contributed by atoms with Gasteiger partial charge in [0, 0.05) is 5.25 Å². The summed E-state index contributed by atoms with van der Waals surface area (Å²) in [6.45, 7) is 27.7. The molecule has 0 saturated carbocycles. The molecule has 0 fully saturated rings. The lowest BCUT2D eigenvalue weighted by Crippen LogP contribution is -2.25. The Morgan fingerprint density at radius 3 is 1.61 bits per heavy atom. The molecule has 0 N–H and O–H groups in total. The number of thioether (sulfide) groups is 2. The summed E-state index contributed by atoms with van der Waals surface area (Å²) in [6.07, 6.45) is 20.5. The van der Waals surface area contributed by atoms with Crippen molar-refractivity contribution >= 4 is 23.5 Å². The third-order valence-electron chi connectivity index (χ3n) is 5.58. The van der Waals surface area contributed by atoms with Crippen molar-refractivity contribution in [3.63, 3.8) is 0 Å². The minimum Gasteiger partial charge on any atom is -0.122 e. The Hall–Kier alpha value is -1.12. The molecule has 0 bridgehead atoms. The van der Waals surface area contributed by atoms with Crippen LogP contribution in [0.25, 0.3) is 0 Å². The fourth-order valence-corrected chi connectivity index (χ4v) is 5.91. The molecular weight excluding hydrogens is 436 g/mol. The molecule has 0 amide bonds. The summed E-state index contributed by atoms with van der Waals surface area (Å²) in [5.41, 5.74) is 3.32. The molecule has 1 atom stereocenters. The van der Waals surface area contributed by atoms with Gasteiger partial charge in [0.05, 0.1) is 0 Å². The van der Waals surface area contributed by atoms with E-state index < -0.39 is 0 Å². The van der Waals surface area contributed by atoms with Crippen molar-refractivity contribution < 1.29 is 0 Å². The van der Waals surface area contributed by atoms with E-state index in [1.807, 2.05) is 23.5 Å². The maximum Gasteiger partial charge on any atom is 0.0328 e. The second-order valence-corrected chi connectivity index (χ2v) is 15.6. The van der Waals surface area contributed by atoms with Crippen LogP contribution in [0.1, 0.15) is 83.1 Å². The van der Waals surface area contributed by atoms with Crippen LogP contribution in [0.3, 0.4) is 0 Å². The average molecular weight is 483 g/mol. The smallest absolute Gasteiger partial charge is 0.0328 e. The summed E-state index contributed by atoms with van der Waals surface area (Å²) < 4.78 is 0. The van der Waals surface area contributed by atoms with Gasteiger partial charge in [-0.1, -0.05) is 131 Å². The lowest BCUT2D eigenvalue weighted by Gasteiger charge is -2.35. The molecule has 0 spiro atoms. The molecule has 1 unspecified atom stereocenters. The molecule has 0 aromatic heterocycles. The summed E-state index contributed by atoms with van der Waals surface area (Å²) in [7, 11) is 0. The molecule has 33 heavy (non-hydrogen) atoms. The van der Waals surface area contributed by atoms with Crippen LogP contribution < -0.4 is 0 Å². The highest BCUT2D eigenvalue weighted by Crippen LogP contribution is 2.49. The van der Waals surface area contributed by atoms with E-state index in [9.17, 15) is 0 Å². The quantitative estimate of drug-likeness (QED) is 0.367. The van der Waals surface area contributed by atoms with Crippen LogP contribution in [0.2, 0.25) is 0 Å². The summed E-state index contributed by atoms with van der Waals surface area (Å²) in [5.74, 6) is 0. The summed E-state index contributed by atoms with van der Waals surface area (Å²) >= 11 is 3.97. The van der Waals surface area contributed by atoms with E-state index in [1.54, 1.807) is 0 Å². The second kappa shape index (κ2) is 10.2. The Morgan fingerprint density at radius 2 is 1.15 bits per heavy atom. The zero-order valence-corrected chi connectivity index (χ0v) is 24.7. The molecule has 182 valence electrons. The minimum absolute atomic E-state index is 0.157. The SMILES string of the molecule is CC(C)(C)C1=CC(=CC=CC=CC2=CC(C(C)(C)C)SC(C(C)(C)C)=C2)C=C(C(C)(C)C)S1. The second-order valence-electron chi connectivity index (χ2n) is 13.4. The first kappa shape index (κ1) is 28.1. The molecule has 2 rings (SSSR count). The van der Waals surface area contributed by atoms with Crippen molar-refractivity contribution in [3.8, 4) is 0 Å². The Labute approximate surface area is 213 Å². The number of hydrogen-bond donors (Lipinski definition) is 0. The van der Waals surface area contributed by atoms with Gasteiger partial charge in [-0.05, 0) is 65.7 Å². The van der Waals surface area contributed by atoms with E-state index in [2.05, 4.69) is 138 Å². The zero-order valence-electron chi connectivity index (χ0n) is 23.1. The van der Waals surface area contributed by atoms with E-state index in [0.29, 0.717) is 5.25 Å². The van der Waals surface area contributed by atoms with Crippen molar-refractivity contribution in [2.45, 2.75) is 88.3 Å². The van der Waals surface area contributed by atoms with Crippen LogP contribution in [0.15, 0.2) is 80.5 Å². The predicted octanol–water partition coefficient (Wildman–Crippen LogP) is 10.6. The first-order chi connectivity index (χ1) is 14.9. The van der Waals surface area contributed by atoms with Crippen LogP contribution in [0, 0.1) is 21.7 Å². The molecule has 2 aliphatic heterocycles. The van der Waals surface area contributed by atoms with Crippen LogP contribution in [0.4, 0.5) is 0 Å². The molecule has 0 aromatic rings. The molecule has 0 aromatic carbocycles. The Balaban J connectivity index is 2.26. The van der Waals surface area contributed by atoms with Crippen molar-refractivity contribution in [2.24, 2.45) is 21.7 Å². The lowest BCUT2D eigenvalue weighted by atomic mass is 9.89. The molecule has 0 radical (unpaired) electrons. The summed E-state index contributed by atoms with van der Waals surface area (Å²) in [4.78, 5) is 4.33. The van der Waals surface area contributed by atoms with Crippen LogP contribution in [-0.4, -0.2) is 5.25 Å². The van der Waals surface area contributed by atoms with E-state index in [-0.39, 0.29) is 21.7 Å². The van der Waals surface area contributed by atoms with Gasteiger partial charge < -0.3 is 0 Å². The molecule has 0 aliphatic carbocycles. The number of hydrogen-bond acceptors (Lipinski definition) is 2. The number of allylic oxidation sites excluding steroid dienone is 13. The third kappa shape index (κ3) is 8.55. The topological polar surface area (TPSA) is 0 Å². The largest absolute Gasteiger partial charge is 0.122 e. The van der Waals surface area contributed by atoms with E-state index >= 15 is 0 Å². The molecule has 2 heteroatoms. The normalized spacial score (nSPS) is 21.2. The highest BCUT2D eigenvalue weighted by atomic mass is 32.2. The van der Waals surface area contributed by atoms with Gasteiger partial charge in [0.1, 0.15) is 0 Å². The standard InChI is InChI=1S/C31H46S2/c1-28(2,3)24-18-22(19-25(32-24)29(4,5)6)16-14-13-15-17-23-20-26(30(7,8)9)33-27(21-23)31(10,11)12/h13-21,24H,1-12H3. The van der Waals surface area contributed by atoms with E-state index in [1.165, 1.54) is 25.9 Å². The van der Waals surface area contributed by atoms with Gasteiger partial charge in [0.15, 0.2) is 0 Å². The van der Waals surface area contributed by atoms with Gasteiger partial charge >= 0.3 is 0 Å². The molecule has 2 heterocycles. The van der Waals surface area contributed by atoms with Crippen LogP contribution >= 0.6 is 23.5 Å². The minimum atomic E-state index is 0.157. The molecular formula is C31H46S2. The number of rotatable bonds is 3. The van der Waals surface area contributed by atoms with Gasteiger partial charge in [0.25, 0.3) is 0 Å². The van der Waals surface area contributed by atoms with Gasteiger partial charge in [-0.15, -0.1) is 11.8 Å². The first-order valence-electron chi connectivity index (χ1n) is 12.2. The molecule has 0 nitrogen and oxygen atoms in total. The molecule has 0 saturated heterocycles. The highest BCUT2D eigenvalue weighted by Gasteiger charge is 2.31. The molecule has 2 aliphatic rings. The Kier molecular flexibility index (Phi) is 8.73. The fourth-order valence-electron chi connectivity index (χ4n) is 3.26. The monoisotopic (exact) mass is 482 g/mol. The third-order valence-corrected chi connectivity index (χ3v) is 9.56. The summed E-state index contributed by atoms with van der Waals surface area (Å²) in [6, 6.07) is 0. The Morgan fingerprint density at radius 1 is 0.636 bits per heavy atom. The first-order valence-corrected chi connectivity index (χ1v) is 13.8. The fraction of sp³-hybridized carbons (Fsp3) is 0.548. The van der Waals surface area contributed by atoms with Crippen molar-refractivity contribution in [1.82, 2.24) is 0 Å². The maximum absolute atomic E-state index is 2.43. The van der Waals surface area contributed by atoms with Crippen molar-refractivity contribution in [3.05, 3.63) is 80.5 Å². The van der Waals surface area contributed by atoms with Crippen molar-refractivity contribution in [1.29, 1.82) is 0 Å². The van der Waals surface area contributed by atoms with E-state index in [4.69, 9.17) is 0 Å². The Bertz CT molecular complexity index is 899.